The summed E-state index contributed by atoms with van der Waals surface area (Å²) in [7, 11) is 0. The molecule has 24 heavy (non-hydrogen) atoms. The molecule has 126 valence electrons. The summed E-state index contributed by atoms with van der Waals surface area (Å²) in [5.74, 6) is -1.15. The summed E-state index contributed by atoms with van der Waals surface area (Å²) >= 11 is 8.03. The molecule has 2 rings (SSSR count). The van der Waals surface area contributed by atoms with Crippen LogP contribution in [0.25, 0.3) is 0 Å². The van der Waals surface area contributed by atoms with Crippen molar-refractivity contribution < 1.29 is 14.4 Å². The molecule has 2 aromatic rings. The van der Waals surface area contributed by atoms with Gasteiger partial charge in [0.05, 0.1) is 15.2 Å². The van der Waals surface area contributed by atoms with Gasteiger partial charge in [0.1, 0.15) is 0 Å². The molecule has 0 aliphatic heterocycles. The third-order valence-corrected chi connectivity index (χ3v) is 6.22. The molecule has 1 aromatic carbocycles. The normalized spacial score (nSPS) is 10.2. The van der Waals surface area contributed by atoms with Gasteiger partial charge in [0.25, 0.3) is 11.8 Å². The third-order valence-electron chi connectivity index (χ3n) is 2.96. The summed E-state index contributed by atoms with van der Waals surface area (Å²) in [4.78, 5) is 35.0. The van der Waals surface area contributed by atoms with Gasteiger partial charge >= 0.3 is 0 Å². The number of carbonyl (C=O) groups excluding carboxylic acids is 3. The number of nitrogens with one attached hydrogen (secondary N) is 2. The minimum absolute atomic E-state index is 0.172. The van der Waals surface area contributed by atoms with Crippen molar-refractivity contribution in [3.05, 3.63) is 54.6 Å². The van der Waals surface area contributed by atoms with E-state index in [1.807, 2.05) is 0 Å². The van der Waals surface area contributed by atoms with E-state index in [9.17, 15) is 14.4 Å². The van der Waals surface area contributed by atoms with E-state index in [0.717, 1.165) is 13.8 Å². The number of hydrogen-bond acceptors (Lipinski definition) is 4. The van der Waals surface area contributed by atoms with Crippen molar-refractivity contribution in [1.29, 1.82) is 0 Å². The molecule has 0 fully saturated rings. The molecule has 0 aliphatic carbocycles. The molecule has 1 heterocycles. The lowest BCUT2D eigenvalue weighted by atomic mass is 10.1. The van der Waals surface area contributed by atoms with E-state index >= 15 is 0 Å². The number of amides is 3. The maximum absolute atomic E-state index is 12.1. The van der Waals surface area contributed by atoms with Crippen LogP contribution >= 0.6 is 43.2 Å². The highest BCUT2D eigenvalue weighted by atomic mass is 79.9. The molecule has 0 bridgehead atoms. The van der Waals surface area contributed by atoms with Gasteiger partial charge in [-0.3, -0.25) is 14.4 Å². The van der Waals surface area contributed by atoms with Crippen molar-refractivity contribution in [1.82, 2.24) is 10.6 Å². The highest BCUT2D eigenvalue weighted by Gasteiger charge is 2.12. The van der Waals surface area contributed by atoms with Crippen LogP contribution in [0.15, 0.2) is 38.6 Å². The van der Waals surface area contributed by atoms with Crippen molar-refractivity contribution in [2.75, 3.05) is 6.54 Å². The lowest BCUT2D eigenvalue weighted by Gasteiger charge is -2.06. The van der Waals surface area contributed by atoms with Crippen LogP contribution in [0.4, 0.5) is 0 Å². The quantitative estimate of drug-likeness (QED) is 0.599. The zero-order valence-electron chi connectivity index (χ0n) is 12.3. The van der Waals surface area contributed by atoms with E-state index in [-0.39, 0.29) is 18.4 Å². The number of rotatable bonds is 6. The van der Waals surface area contributed by atoms with Gasteiger partial charge in [0.2, 0.25) is 5.91 Å². The molecule has 0 saturated heterocycles. The molecule has 3 amide bonds. The van der Waals surface area contributed by atoms with E-state index in [0.29, 0.717) is 17.0 Å². The molecule has 0 atom stereocenters. The average Bonchev–Trinajstić information content (AvgIpc) is 2.90. The highest BCUT2D eigenvalue weighted by molar-refractivity contribution is 9.13. The third kappa shape index (κ3) is 5.15. The summed E-state index contributed by atoms with van der Waals surface area (Å²) < 4.78 is 1.70. The highest BCUT2D eigenvalue weighted by Crippen LogP contribution is 2.32. The number of carbonyl (C=O) groups is 3. The largest absolute Gasteiger partial charge is 0.368 e. The van der Waals surface area contributed by atoms with Crippen LogP contribution in [-0.2, 0) is 11.3 Å². The van der Waals surface area contributed by atoms with Gasteiger partial charge < -0.3 is 16.4 Å². The summed E-state index contributed by atoms with van der Waals surface area (Å²) in [6.07, 6.45) is 0. The van der Waals surface area contributed by atoms with Crippen molar-refractivity contribution in [3.63, 3.8) is 0 Å². The van der Waals surface area contributed by atoms with E-state index in [2.05, 4.69) is 42.5 Å². The zero-order valence-corrected chi connectivity index (χ0v) is 16.3. The Morgan fingerprint density at radius 3 is 2.25 bits per heavy atom. The van der Waals surface area contributed by atoms with Gasteiger partial charge in [-0.15, -0.1) is 11.3 Å². The molecule has 6 nitrogen and oxygen atoms in total. The predicted molar refractivity (Wildman–Crippen MR) is 98.9 cm³/mol. The Hall–Kier alpha value is -1.71. The molecular formula is C15H13Br2N3O3S. The maximum Gasteiger partial charge on any atom is 0.261 e. The molecule has 0 unspecified atom stereocenters. The van der Waals surface area contributed by atoms with Crippen molar-refractivity contribution in [2.45, 2.75) is 6.54 Å². The summed E-state index contributed by atoms with van der Waals surface area (Å²) in [6.45, 7) is 0.137. The Labute approximate surface area is 159 Å². The second kappa shape index (κ2) is 8.41. The molecule has 0 saturated carbocycles. The minimum Gasteiger partial charge on any atom is -0.368 e. The fraction of sp³-hybridized carbons (Fsp3) is 0.133. The van der Waals surface area contributed by atoms with E-state index in [4.69, 9.17) is 5.73 Å². The van der Waals surface area contributed by atoms with Crippen LogP contribution in [0, 0.1) is 0 Å². The standard InChI is InChI=1S/C15H13Br2N3O3S/c16-10-5-11(24-13(10)17)15(23)19-6-8-1-3-9(4-2-8)14(22)20-7-12(18)21/h1-5H,6-7H2,(H2,18,21)(H,19,23)(H,20,22). The first kappa shape index (κ1) is 18.6. The SMILES string of the molecule is NC(=O)CNC(=O)c1ccc(CNC(=O)c2cc(Br)c(Br)s2)cc1. The summed E-state index contributed by atoms with van der Waals surface area (Å²) in [5, 5.41) is 5.22. The topological polar surface area (TPSA) is 101 Å². The number of halogens is 2. The van der Waals surface area contributed by atoms with Gasteiger partial charge in [0, 0.05) is 16.6 Å². The number of nitrogens with two attached hydrogens (primary N) is 1. The van der Waals surface area contributed by atoms with Crippen LogP contribution in [0.1, 0.15) is 25.6 Å². The Kier molecular flexibility index (Phi) is 6.52. The number of hydrogen-bond donors (Lipinski definition) is 3. The number of thiophene rings is 1. The lowest BCUT2D eigenvalue weighted by Crippen LogP contribution is -2.33. The Morgan fingerprint density at radius 1 is 1.04 bits per heavy atom. The van der Waals surface area contributed by atoms with E-state index < -0.39 is 5.91 Å². The second-order valence-electron chi connectivity index (χ2n) is 4.76. The zero-order chi connectivity index (χ0) is 17.7. The second-order valence-corrected chi connectivity index (χ2v) is 7.99. The lowest BCUT2D eigenvalue weighted by molar-refractivity contribution is -0.117. The molecule has 4 N–H and O–H groups in total. The van der Waals surface area contributed by atoms with Crippen molar-refractivity contribution in [3.8, 4) is 0 Å². The van der Waals surface area contributed by atoms with Crippen molar-refractivity contribution >= 4 is 60.9 Å². The molecule has 1 aromatic heterocycles. The first-order valence-electron chi connectivity index (χ1n) is 6.75. The van der Waals surface area contributed by atoms with Crippen LogP contribution in [0.2, 0.25) is 0 Å². The molecule has 0 aliphatic rings. The fourth-order valence-corrected chi connectivity index (χ4v) is 3.72. The Bertz CT molecular complexity index is 755. The average molecular weight is 475 g/mol. The fourth-order valence-electron chi connectivity index (χ4n) is 1.77. The minimum atomic E-state index is -0.602. The van der Waals surface area contributed by atoms with Gasteiger partial charge in [-0.2, -0.15) is 0 Å². The van der Waals surface area contributed by atoms with E-state index in [1.165, 1.54) is 11.3 Å². The number of benzene rings is 1. The predicted octanol–water partition coefficient (Wildman–Crippen LogP) is 2.42. The Morgan fingerprint density at radius 2 is 1.71 bits per heavy atom. The van der Waals surface area contributed by atoms with Gasteiger partial charge in [0.15, 0.2) is 0 Å². The smallest absolute Gasteiger partial charge is 0.261 e. The van der Waals surface area contributed by atoms with Gasteiger partial charge in [-0.25, -0.2) is 0 Å². The van der Waals surface area contributed by atoms with Gasteiger partial charge in [-0.05, 0) is 55.6 Å². The number of primary amides is 1. The van der Waals surface area contributed by atoms with Crippen molar-refractivity contribution in [2.24, 2.45) is 5.73 Å². The van der Waals surface area contributed by atoms with E-state index in [1.54, 1.807) is 30.3 Å². The monoisotopic (exact) mass is 473 g/mol. The van der Waals surface area contributed by atoms with Crippen LogP contribution in [-0.4, -0.2) is 24.3 Å². The first-order valence-corrected chi connectivity index (χ1v) is 9.15. The summed E-state index contributed by atoms with van der Waals surface area (Å²) in [5.41, 5.74) is 6.24. The maximum atomic E-state index is 12.1. The first-order chi connectivity index (χ1) is 11.4. The van der Waals surface area contributed by atoms with Crippen LogP contribution in [0.3, 0.4) is 0 Å². The van der Waals surface area contributed by atoms with Crippen LogP contribution in [0.5, 0.6) is 0 Å². The molecule has 0 radical (unpaired) electrons. The molecular weight excluding hydrogens is 462 g/mol. The molecule has 0 spiro atoms. The van der Waals surface area contributed by atoms with Crippen LogP contribution < -0.4 is 16.4 Å². The Balaban J connectivity index is 1.90. The van der Waals surface area contributed by atoms with Gasteiger partial charge in [-0.1, -0.05) is 12.1 Å². The molecule has 9 heteroatoms. The summed E-state index contributed by atoms with van der Waals surface area (Å²) in [6, 6.07) is 8.46.